The van der Waals surface area contributed by atoms with Crippen LogP contribution in [0.3, 0.4) is 0 Å². The molecule has 0 bridgehead atoms. The lowest BCUT2D eigenvalue weighted by Gasteiger charge is -2.33. The number of carbonyl (C=O) groups is 1. The number of ketones is 1. The van der Waals surface area contributed by atoms with Gasteiger partial charge >= 0.3 is 0 Å². The predicted octanol–water partition coefficient (Wildman–Crippen LogP) is 2.18. The van der Waals surface area contributed by atoms with Crippen LogP contribution in [-0.2, 0) is 19.2 Å². The van der Waals surface area contributed by atoms with Crippen LogP contribution < -0.4 is 5.32 Å². The summed E-state index contributed by atoms with van der Waals surface area (Å²) in [6.07, 6.45) is 10.2. The van der Waals surface area contributed by atoms with Crippen molar-refractivity contribution < 1.29 is 13.2 Å². The standard InChI is InChI=1S/C13H18ClNO3S/c1-3-11(16)10-18-19(17,12(14)4-2)13-8-6-5-7-9-15-13/h4-9,12,15,19H,2-3,10H2,1H3. The maximum absolute atomic E-state index is 12.9. The smallest absolute Gasteiger partial charge is 0.160 e. The number of halogens is 1. The number of carbonyl (C=O) groups excluding carboxylic acids is 1. The van der Waals surface area contributed by atoms with E-state index in [9.17, 15) is 9.00 Å². The van der Waals surface area contributed by atoms with E-state index in [4.69, 9.17) is 15.8 Å². The van der Waals surface area contributed by atoms with Crippen molar-refractivity contribution in [1.82, 2.24) is 5.32 Å². The summed E-state index contributed by atoms with van der Waals surface area (Å²) in [6.45, 7) is 5.03. The largest absolute Gasteiger partial charge is 0.349 e. The highest BCUT2D eigenvalue weighted by Crippen LogP contribution is 2.27. The first-order valence-electron chi connectivity index (χ1n) is 5.87. The molecule has 1 aliphatic rings. The van der Waals surface area contributed by atoms with Crippen LogP contribution in [0.1, 0.15) is 13.3 Å². The quantitative estimate of drug-likeness (QED) is 0.430. The minimum Gasteiger partial charge on any atom is -0.349 e. The maximum Gasteiger partial charge on any atom is 0.160 e. The van der Waals surface area contributed by atoms with E-state index in [1.807, 2.05) is 0 Å². The van der Waals surface area contributed by atoms with Gasteiger partial charge in [-0.1, -0.05) is 36.8 Å². The van der Waals surface area contributed by atoms with E-state index >= 15 is 0 Å². The van der Waals surface area contributed by atoms with Crippen molar-refractivity contribution in [2.45, 2.75) is 18.1 Å². The second-order valence-corrected chi connectivity index (χ2v) is 7.08. The van der Waals surface area contributed by atoms with Crippen LogP contribution in [0.4, 0.5) is 0 Å². The molecular formula is C13H18ClNO3S. The highest BCUT2D eigenvalue weighted by molar-refractivity contribution is 8.04. The van der Waals surface area contributed by atoms with Gasteiger partial charge in [-0.25, -0.2) is 4.21 Å². The van der Waals surface area contributed by atoms with Crippen LogP contribution in [0.5, 0.6) is 0 Å². The Morgan fingerprint density at radius 1 is 1.58 bits per heavy atom. The van der Waals surface area contributed by atoms with Gasteiger partial charge in [-0.3, -0.25) is 8.98 Å². The molecule has 19 heavy (non-hydrogen) atoms. The lowest BCUT2D eigenvalue weighted by Crippen LogP contribution is -2.34. The predicted molar refractivity (Wildman–Crippen MR) is 80.1 cm³/mol. The van der Waals surface area contributed by atoms with Crippen molar-refractivity contribution >= 4 is 27.6 Å². The van der Waals surface area contributed by atoms with E-state index in [2.05, 4.69) is 11.9 Å². The van der Waals surface area contributed by atoms with Crippen LogP contribution in [0.2, 0.25) is 0 Å². The molecule has 0 aromatic heterocycles. The zero-order chi connectivity index (χ0) is 14.3. The van der Waals surface area contributed by atoms with Crippen molar-refractivity contribution in [3.05, 3.63) is 48.2 Å². The van der Waals surface area contributed by atoms with E-state index < -0.39 is 14.9 Å². The highest BCUT2D eigenvalue weighted by atomic mass is 35.5. The molecule has 0 spiro atoms. The van der Waals surface area contributed by atoms with Gasteiger partial charge in [0.1, 0.15) is 16.3 Å². The lowest BCUT2D eigenvalue weighted by atomic mass is 10.3. The molecule has 1 N–H and O–H groups in total. The molecular weight excluding hydrogens is 286 g/mol. The van der Waals surface area contributed by atoms with Gasteiger partial charge in [-0.15, -0.1) is 16.8 Å². The summed E-state index contributed by atoms with van der Waals surface area (Å²) in [7, 11) is -3.41. The highest BCUT2D eigenvalue weighted by Gasteiger charge is 2.24. The molecule has 1 aliphatic heterocycles. The fourth-order valence-electron chi connectivity index (χ4n) is 1.32. The SMILES string of the molecule is C=CC(Cl)[SH](=O)(OCC(=O)CC)C1=CC=CC=CN1. The van der Waals surface area contributed by atoms with Crippen molar-refractivity contribution in [2.75, 3.05) is 6.61 Å². The summed E-state index contributed by atoms with van der Waals surface area (Å²) in [5.74, 6) is -0.131. The van der Waals surface area contributed by atoms with Crippen LogP contribution >= 0.6 is 11.6 Å². The Hall–Kier alpha value is -1.17. The van der Waals surface area contributed by atoms with Gasteiger partial charge in [-0.2, -0.15) is 0 Å². The van der Waals surface area contributed by atoms with Gasteiger partial charge in [0, 0.05) is 12.6 Å². The zero-order valence-corrected chi connectivity index (χ0v) is 12.4. The van der Waals surface area contributed by atoms with Crippen LogP contribution in [0.15, 0.2) is 48.2 Å². The number of nitrogens with one attached hydrogen (secondary N) is 1. The van der Waals surface area contributed by atoms with E-state index in [1.165, 1.54) is 6.08 Å². The Labute approximate surface area is 119 Å². The van der Waals surface area contributed by atoms with Gasteiger partial charge in [0.2, 0.25) is 0 Å². The third kappa shape index (κ3) is 4.16. The molecule has 0 saturated carbocycles. The Balaban J connectivity index is 2.99. The Bertz CT molecular complexity index is 482. The molecule has 1 heterocycles. The third-order valence-electron chi connectivity index (χ3n) is 2.47. The summed E-state index contributed by atoms with van der Waals surface area (Å²) in [4.78, 5) is 11.3. The van der Waals surface area contributed by atoms with Gasteiger partial charge in [0.15, 0.2) is 5.78 Å². The molecule has 0 aliphatic carbocycles. The van der Waals surface area contributed by atoms with E-state index in [0.717, 1.165) is 0 Å². The molecule has 106 valence electrons. The second kappa shape index (κ2) is 7.43. The van der Waals surface area contributed by atoms with Crippen molar-refractivity contribution in [3.63, 3.8) is 0 Å². The first-order valence-corrected chi connectivity index (χ1v) is 8.00. The molecule has 0 aromatic carbocycles. The minimum absolute atomic E-state index is 0.131. The molecule has 6 heteroatoms. The molecule has 4 nitrogen and oxygen atoms in total. The fourth-order valence-corrected chi connectivity index (χ4v) is 3.52. The summed E-state index contributed by atoms with van der Waals surface area (Å²) in [5, 5.41) is 3.21. The normalized spacial score (nSPS) is 17.1. The van der Waals surface area contributed by atoms with Crippen molar-refractivity contribution in [3.8, 4) is 0 Å². The average Bonchev–Trinajstić information content (AvgIpc) is 2.72. The Morgan fingerprint density at radius 2 is 2.32 bits per heavy atom. The molecule has 0 saturated heterocycles. The summed E-state index contributed by atoms with van der Waals surface area (Å²) in [6, 6.07) is 0. The Morgan fingerprint density at radius 3 is 2.95 bits per heavy atom. The number of allylic oxidation sites excluding steroid dienone is 4. The first-order chi connectivity index (χ1) is 9.04. The number of hydrogen-bond donors (Lipinski definition) is 2. The number of hydrogen-bond acceptors (Lipinski definition) is 4. The van der Waals surface area contributed by atoms with Gasteiger partial charge < -0.3 is 5.32 Å². The number of thiol groups is 1. The summed E-state index contributed by atoms with van der Waals surface area (Å²) >= 11 is 6.04. The lowest BCUT2D eigenvalue weighted by molar-refractivity contribution is -0.120. The maximum atomic E-state index is 12.9. The van der Waals surface area contributed by atoms with Crippen LogP contribution in [0.25, 0.3) is 0 Å². The number of alkyl halides is 1. The monoisotopic (exact) mass is 303 g/mol. The van der Waals surface area contributed by atoms with Crippen LogP contribution in [-0.4, -0.2) is 21.3 Å². The van der Waals surface area contributed by atoms with Gasteiger partial charge in [0.25, 0.3) is 0 Å². The van der Waals surface area contributed by atoms with Crippen molar-refractivity contribution in [1.29, 1.82) is 0 Å². The van der Waals surface area contributed by atoms with Gasteiger partial charge in [0.05, 0.1) is 0 Å². The molecule has 1 atom stereocenters. The molecule has 1 rings (SSSR count). The summed E-state index contributed by atoms with van der Waals surface area (Å²) < 4.78 is 17.3. The van der Waals surface area contributed by atoms with Crippen LogP contribution in [0, 0.1) is 0 Å². The second-order valence-electron chi connectivity index (χ2n) is 3.81. The number of Topliss-reactive ketones (excluding diaryl/α,β-unsaturated/α-hetero) is 1. The Kier molecular flexibility index (Phi) is 6.21. The van der Waals surface area contributed by atoms with Crippen molar-refractivity contribution in [2.24, 2.45) is 0 Å². The topological polar surface area (TPSA) is 55.4 Å². The van der Waals surface area contributed by atoms with E-state index in [1.54, 1.807) is 37.4 Å². The molecule has 0 radical (unpaired) electrons. The van der Waals surface area contributed by atoms with E-state index in [0.29, 0.717) is 11.4 Å². The first kappa shape index (κ1) is 15.9. The third-order valence-corrected chi connectivity index (χ3v) is 5.74. The molecule has 0 aromatic rings. The van der Waals surface area contributed by atoms with Gasteiger partial charge in [-0.05, 0) is 12.2 Å². The molecule has 1 unspecified atom stereocenters. The minimum atomic E-state index is -3.41. The average molecular weight is 304 g/mol. The van der Waals surface area contributed by atoms with E-state index in [-0.39, 0.29) is 12.4 Å². The number of rotatable bonds is 7. The molecule has 0 amide bonds. The molecule has 0 fully saturated rings. The summed E-state index contributed by atoms with van der Waals surface area (Å²) in [5.41, 5.74) is 0. The fraction of sp³-hybridized carbons (Fsp3) is 0.308. The zero-order valence-electron chi connectivity index (χ0n) is 10.7.